The van der Waals surface area contributed by atoms with Crippen LogP contribution in [0.25, 0.3) is 10.9 Å². The molecule has 25 heavy (non-hydrogen) atoms. The van der Waals surface area contributed by atoms with Gasteiger partial charge in [-0.2, -0.15) is 4.68 Å². The van der Waals surface area contributed by atoms with Crippen molar-refractivity contribution in [2.75, 3.05) is 5.32 Å². The van der Waals surface area contributed by atoms with Crippen LogP contribution in [0.4, 0.5) is 5.69 Å². The Hall–Kier alpha value is -2.44. The van der Waals surface area contributed by atoms with Gasteiger partial charge in [-0.25, -0.2) is 0 Å². The molecule has 8 heteroatoms. The third kappa shape index (κ3) is 3.50. The molecule has 1 atom stereocenters. The van der Waals surface area contributed by atoms with E-state index in [2.05, 4.69) is 15.6 Å². The lowest BCUT2D eigenvalue weighted by Crippen LogP contribution is -2.35. The molecular weight excluding hydrogens is 363 g/mol. The summed E-state index contributed by atoms with van der Waals surface area (Å²) >= 11 is 11.8. The van der Waals surface area contributed by atoms with Crippen LogP contribution in [0, 0.1) is 0 Å². The summed E-state index contributed by atoms with van der Waals surface area (Å²) in [6.45, 7) is 1.79. The van der Waals surface area contributed by atoms with Gasteiger partial charge in [0.05, 0.1) is 15.4 Å². The van der Waals surface area contributed by atoms with Crippen LogP contribution in [0.3, 0.4) is 0 Å². The Bertz CT molecular complexity index is 1000. The lowest BCUT2D eigenvalue weighted by Gasteiger charge is -2.16. The highest BCUT2D eigenvalue weighted by molar-refractivity contribution is 6.42. The molecule has 0 unspecified atom stereocenters. The summed E-state index contributed by atoms with van der Waals surface area (Å²) in [5.41, 5.74) is 0.616. The number of hydrogen-bond acceptors (Lipinski definition) is 4. The molecule has 3 aromatic rings. The molecule has 0 aliphatic carbocycles. The van der Waals surface area contributed by atoms with E-state index in [1.807, 2.05) is 0 Å². The van der Waals surface area contributed by atoms with Gasteiger partial charge in [0.2, 0.25) is 5.91 Å². The van der Waals surface area contributed by atoms with E-state index in [1.54, 1.807) is 49.4 Å². The maximum atomic E-state index is 12.6. The molecule has 0 saturated carbocycles. The maximum absolute atomic E-state index is 12.6. The number of aromatic nitrogens is 3. The standard InChI is InChI=1S/C17H14Cl2N4O2/c1-2-15(16(24)20-10-7-8-12(18)13(19)9-10)23-17(25)11-5-3-4-6-14(11)21-22-23/h3-9,15H,2H2,1H3,(H,20,24)/t15-/m0/s1. The van der Waals surface area contributed by atoms with E-state index in [0.29, 0.717) is 33.1 Å². The Morgan fingerprint density at radius 2 is 1.96 bits per heavy atom. The lowest BCUT2D eigenvalue weighted by atomic mass is 10.2. The summed E-state index contributed by atoms with van der Waals surface area (Å²) in [5, 5.41) is 11.8. The zero-order valence-corrected chi connectivity index (χ0v) is 14.8. The molecule has 1 aromatic heterocycles. The van der Waals surface area contributed by atoms with Gasteiger partial charge in [0.1, 0.15) is 11.6 Å². The molecule has 0 bridgehead atoms. The van der Waals surface area contributed by atoms with E-state index in [4.69, 9.17) is 23.2 Å². The van der Waals surface area contributed by atoms with Gasteiger partial charge in [-0.1, -0.05) is 47.5 Å². The molecular formula is C17H14Cl2N4O2. The predicted molar refractivity (Wildman–Crippen MR) is 98.2 cm³/mol. The van der Waals surface area contributed by atoms with E-state index < -0.39 is 6.04 Å². The molecule has 0 saturated heterocycles. The van der Waals surface area contributed by atoms with Crippen LogP contribution in [0.15, 0.2) is 47.3 Å². The van der Waals surface area contributed by atoms with Gasteiger partial charge < -0.3 is 5.32 Å². The first-order valence-corrected chi connectivity index (χ1v) is 8.37. The van der Waals surface area contributed by atoms with Crippen molar-refractivity contribution >= 4 is 45.7 Å². The summed E-state index contributed by atoms with van der Waals surface area (Å²) in [6.07, 6.45) is 0.375. The number of amides is 1. The van der Waals surface area contributed by atoms with Crippen molar-refractivity contribution < 1.29 is 4.79 Å². The van der Waals surface area contributed by atoms with Gasteiger partial charge in [0.15, 0.2) is 0 Å². The number of carbonyl (C=O) groups is 1. The highest BCUT2D eigenvalue weighted by Gasteiger charge is 2.22. The maximum Gasteiger partial charge on any atom is 0.278 e. The summed E-state index contributed by atoms with van der Waals surface area (Å²) in [5.74, 6) is -0.382. The van der Waals surface area contributed by atoms with Gasteiger partial charge in [0, 0.05) is 5.69 Å². The highest BCUT2D eigenvalue weighted by Crippen LogP contribution is 2.25. The first-order chi connectivity index (χ1) is 12.0. The molecule has 1 N–H and O–H groups in total. The predicted octanol–water partition coefficient (Wildman–Crippen LogP) is 3.69. The average Bonchev–Trinajstić information content (AvgIpc) is 2.61. The Balaban J connectivity index is 1.94. The molecule has 1 heterocycles. The van der Waals surface area contributed by atoms with Crippen LogP contribution in [0.5, 0.6) is 0 Å². The number of nitrogens with one attached hydrogen (secondary N) is 1. The molecule has 0 spiro atoms. The molecule has 0 aliphatic rings. The third-order valence-corrected chi connectivity index (χ3v) is 4.50. The lowest BCUT2D eigenvalue weighted by molar-refractivity contribution is -0.119. The fourth-order valence-corrected chi connectivity index (χ4v) is 2.77. The summed E-state index contributed by atoms with van der Waals surface area (Å²) < 4.78 is 1.11. The molecule has 3 rings (SSSR count). The average molecular weight is 377 g/mol. The van der Waals surface area contributed by atoms with Crippen LogP contribution in [-0.2, 0) is 4.79 Å². The quantitative estimate of drug-likeness (QED) is 0.752. The number of benzene rings is 2. The second kappa shape index (κ2) is 7.21. The van der Waals surface area contributed by atoms with E-state index in [-0.39, 0.29) is 11.5 Å². The molecule has 2 aromatic carbocycles. The Morgan fingerprint density at radius 3 is 2.68 bits per heavy atom. The van der Waals surface area contributed by atoms with Gasteiger partial charge in [0.25, 0.3) is 5.56 Å². The van der Waals surface area contributed by atoms with Gasteiger partial charge in [-0.05, 0) is 36.8 Å². The van der Waals surface area contributed by atoms with Gasteiger partial charge >= 0.3 is 0 Å². The van der Waals surface area contributed by atoms with Crippen molar-refractivity contribution in [3.8, 4) is 0 Å². The van der Waals surface area contributed by atoms with E-state index >= 15 is 0 Å². The minimum absolute atomic E-state index is 0.329. The van der Waals surface area contributed by atoms with Crippen molar-refractivity contribution in [1.29, 1.82) is 0 Å². The van der Waals surface area contributed by atoms with Gasteiger partial charge in [-0.15, -0.1) is 5.10 Å². The van der Waals surface area contributed by atoms with Crippen molar-refractivity contribution in [1.82, 2.24) is 15.0 Å². The highest BCUT2D eigenvalue weighted by atomic mass is 35.5. The topological polar surface area (TPSA) is 76.9 Å². The number of fused-ring (bicyclic) bond motifs is 1. The van der Waals surface area contributed by atoms with Gasteiger partial charge in [-0.3, -0.25) is 9.59 Å². The van der Waals surface area contributed by atoms with Crippen LogP contribution in [0.1, 0.15) is 19.4 Å². The Kier molecular flexibility index (Phi) is 5.01. The molecule has 6 nitrogen and oxygen atoms in total. The van der Waals surface area contributed by atoms with Crippen molar-refractivity contribution in [3.63, 3.8) is 0 Å². The third-order valence-electron chi connectivity index (χ3n) is 3.76. The monoisotopic (exact) mass is 376 g/mol. The summed E-state index contributed by atoms with van der Waals surface area (Å²) in [7, 11) is 0. The SMILES string of the molecule is CC[C@@H](C(=O)Nc1ccc(Cl)c(Cl)c1)n1nnc2ccccc2c1=O. The number of rotatable bonds is 4. The smallest absolute Gasteiger partial charge is 0.278 e. The molecule has 128 valence electrons. The summed E-state index contributed by atoms with van der Waals surface area (Å²) in [6, 6.07) is 10.8. The minimum Gasteiger partial charge on any atom is -0.324 e. The number of nitrogens with zero attached hydrogens (tertiary/aromatic N) is 3. The zero-order chi connectivity index (χ0) is 18.0. The number of halogens is 2. The van der Waals surface area contributed by atoms with E-state index in [9.17, 15) is 9.59 Å². The van der Waals surface area contributed by atoms with Crippen LogP contribution < -0.4 is 10.9 Å². The second-order valence-corrected chi connectivity index (χ2v) is 6.21. The largest absolute Gasteiger partial charge is 0.324 e. The zero-order valence-electron chi connectivity index (χ0n) is 13.2. The van der Waals surface area contributed by atoms with E-state index in [1.165, 1.54) is 0 Å². The van der Waals surface area contributed by atoms with Crippen LogP contribution in [-0.4, -0.2) is 20.9 Å². The number of carbonyl (C=O) groups excluding carboxylic acids is 1. The Morgan fingerprint density at radius 1 is 1.20 bits per heavy atom. The normalized spacial score (nSPS) is 12.1. The fraction of sp³-hybridized carbons (Fsp3) is 0.176. The van der Waals surface area contributed by atoms with Crippen LogP contribution in [0.2, 0.25) is 10.0 Å². The molecule has 0 radical (unpaired) electrons. The van der Waals surface area contributed by atoms with Crippen molar-refractivity contribution in [2.24, 2.45) is 0 Å². The molecule has 0 aliphatic heterocycles. The molecule has 1 amide bonds. The number of anilines is 1. The molecule has 0 fully saturated rings. The number of hydrogen-bond donors (Lipinski definition) is 1. The fourth-order valence-electron chi connectivity index (χ4n) is 2.47. The van der Waals surface area contributed by atoms with E-state index in [0.717, 1.165) is 4.68 Å². The first kappa shape index (κ1) is 17.4. The minimum atomic E-state index is -0.793. The van der Waals surface area contributed by atoms with Crippen molar-refractivity contribution in [2.45, 2.75) is 19.4 Å². The summed E-state index contributed by atoms with van der Waals surface area (Å²) in [4.78, 5) is 25.2. The second-order valence-electron chi connectivity index (χ2n) is 5.40. The Labute approximate surface area is 153 Å². The first-order valence-electron chi connectivity index (χ1n) is 7.61. The van der Waals surface area contributed by atoms with Crippen LogP contribution >= 0.6 is 23.2 Å². The van der Waals surface area contributed by atoms with Crippen molar-refractivity contribution in [3.05, 3.63) is 62.9 Å².